The summed E-state index contributed by atoms with van der Waals surface area (Å²) in [5, 5.41) is 0.629. The third-order valence-electron chi connectivity index (χ3n) is 3.76. The largest absolute Gasteiger partial charge is 0.496 e. The van der Waals surface area contributed by atoms with Crippen LogP contribution in [0, 0.1) is 0 Å². The summed E-state index contributed by atoms with van der Waals surface area (Å²) >= 11 is 5.99. The number of benzene rings is 1. The van der Waals surface area contributed by atoms with Crippen LogP contribution in [0.1, 0.15) is 12.5 Å². The van der Waals surface area contributed by atoms with Gasteiger partial charge in [-0.3, -0.25) is 4.79 Å². The van der Waals surface area contributed by atoms with Crippen molar-refractivity contribution in [1.82, 2.24) is 9.80 Å². The third kappa shape index (κ3) is 3.64. The maximum atomic E-state index is 12.4. The average Bonchev–Trinajstić information content (AvgIpc) is 2.47. The first-order chi connectivity index (χ1) is 9.63. The van der Waals surface area contributed by atoms with Crippen LogP contribution < -0.4 is 4.74 Å². The molecule has 1 aliphatic heterocycles. The maximum Gasteiger partial charge on any atom is 0.227 e. The first kappa shape index (κ1) is 15.1. The number of hydrogen-bond donors (Lipinski definition) is 0. The summed E-state index contributed by atoms with van der Waals surface area (Å²) in [6.07, 6.45) is 0.343. The van der Waals surface area contributed by atoms with Crippen molar-refractivity contribution in [3.05, 3.63) is 28.8 Å². The molecule has 0 spiro atoms. The van der Waals surface area contributed by atoms with E-state index in [0.717, 1.165) is 44.0 Å². The molecule has 0 radical (unpaired) electrons. The second-order valence-corrected chi connectivity index (χ2v) is 5.38. The number of methoxy groups -OCH3 is 1. The van der Waals surface area contributed by atoms with Crippen molar-refractivity contribution in [2.75, 3.05) is 39.8 Å². The lowest BCUT2D eigenvalue weighted by molar-refractivity contribution is -0.132. The van der Waals surface area contributed by atoms with Gasteiger partial charge in [0.2, 0.25) is 5.91 Å². The molecule has 1 saturated heterocycles. The fraction of sp³-hybridized carbons (Fsp3) is 0.533. The van der Waals surface area contributed by atoms with Gasteiger partial charge in [-0.15, -0.1) is 0 Å². The van der Waals surface area contributed by atoms with Crippen LogP contribution in [0.25, 0.3) is 0 Å². The van der Waals surface area contributed by atoms with Crippen molar-refractivity contribution < 1.29 is 9.53 Å². The van der Waals surface area contributed by atoms with E-state index in [1.807, 2.05) is 4.90 Å². The number of halogens is 1. The van der Waals surface area contributed by atoms with Crippen LogP contribution in [0.2, 0.25) is 5.02 Å². The molecule has 4 nitrogen and oxygen atoms in total. The third-order valence-corrected chi connectivity index (χ3v) is 3.99. The minimum atomic E-state index is 0.140. The van der Waals surface area contributed by atoms with Crippen LogP contribution >= 0.6 is 11.6 Å². The monoisotopic (exact) mass is 296 g/mol. The number of amides is 1. The number of carbonyl (C=O) groups is 1. The predicted octanol–water partition coefficient (Wildman–Crippen LogP) is 2.06. The molecule has 0 saturated carbocycles. The van der Waals surface area contributed by atoms with Crippen molar-refractivity contribution in [2.24, 2.45) is 0 Å². The molecule has 0 bridgehead atoms. The number of piperazine rings is 1. The Hall–Kier alpha value is -1.26. The van der Waals surface area contributed by atoms with E-state index in [1.165, 1.54) is 0 Å². The van der Waals surface area contributed by atoms with Gasteiger partial charge in [0.1, 0.15) is 5.75 Å². The fourth-order valence-corrected chi connectivity index (χ4v) is 2.67. The molecule has 0 aliphatic carbocycles. The molecule has 0 atom stereocenters. The molecule has 1 fully saturated rings. The average molecular weight is 297 g/mol. The highest BCUT2D eigenvalue weighted by atomic mass is 35.5. The predicted molar refractivity (Wildman–Crippen MR) is 80.4 cm³/mol. The Morgan fingerprint density at radius 2 is 2.00 bits per heavy atom. The van der Waals surface area contributed by atoms with Gasteiger partial charge in [-0.2, -0.15) is 0 Å². The van der Waals surface area contributed by atoms with Crippen LogP contribution in [0.4, 0.5) is 0 Å². The van der Waals surface area contributed by atoms with Crippen LogP contribution in [0.5, 0.6) is 5.75 Å². The molecule has 2 rings (SSSR count). The summed E-state index contributed by atoms with van der Waals surface area (Å²) in [6, 6.07) is 5.38. The summed E-state index contributed by atoms with van der Waals surface area (Å²) in [6.45, 7) is 6.70. The normalized spacial score (nSPS) is 16.2. The van der Waals surface area contributed by atoms with Gasteiger partial charge in [-0.1, -0.05) is 18.5 Å². The van der Waals surface area contributed by atoms with E-state index in [0.29, 0.717) is 11.4 Å². The lowest BCUT2D eigenvalue weighted by Crippen LogP contribution is -2.48. The highest BCUT2D eigenvalue weighted by Gasteiger charge is 2.21. The molecule has 1 aromatic rings. The van der Waals surface area contributed by atoms with E-state index in [1.54, 1.807) is 25.3 Å². The molecule has 5 heteroatoms. The van der Waals surface area contributed by atoms with Crippen molar-refractivity contribution in [3.8, 4) is 5.75 Å². The van der Waals surface area contributed by atoms with Gasteiger partial charge < -0.3 is 14.5 Å². The van der Waals surface area contributed by atoms with Crippen molar-refractivity contribution >= 4 is 17.5 Å². The number of ether oxygens (including phenoxy) is 1. The maximum absolute atomic E-state index is 12.4. The summed E-state index contributed by atoms with van der Waals surface area (Å²) in [4.78, 5) is 16.6. The van der Waals surface area contributed by atoms with Crippen LogP contribution in [-0.2, 0) is 11.2 Å². The van der Waals surface area contributed by atoms with Gasteiger partial charge in [0.25, 0.3) is 0 Å². The molecule has 0 unspecified atom stereocenters. The molecule has 1 aliphatic rings. The molecule has 0 aromatic heterocycles. The summed E-state index contributed by atoms with van der Waals surface area (Å²) in [5.41, 5.74) is 0.850. The minimum Gasteiger partial charge on any atom is -0.496 e. The Morgan fingerprint density at radius 1 is 1.30 bits per heavy atom. The Labute approximate surface area is 125 Å². The molecule has 0 N–H and O–H groups in total. The smallest absolute Gasteiger partial charge is 0.227 e. The zero-order chi connectivity index (χ0) is 14.5. The van der Waals surface area contributed by atoms with E-state index in [-0.39, 0.29) is 5.91 Å². The summed E-state index contributed by atoms with van der Waals surface area (Å²) < 4.78 is 5.29. The molecular formula is C15H21ClN2O2. The molecule has 1 amide bonds. The number of carbonyl (C=O) groups excluding carboxylic acids is 1. The van der Waals surface area contributed by atoms with E-state index in [4.69, 9.17) is 16.3 Å². The highest BCUT2D eigenvalue weighted by molar-refractivity contribution is 6.30. The number of nitrogens with zero attached hydrogens (tertiary/aromatic N) is 2. The molecule has 20 heavy (non-hydrogen) atoms. The van der Waals surface area contributed by atoms with Crippen LogP contribution in [0.3, 0.4) is 0 Å². The zero-order valence-electron chi connectivity index (χ0n) is 12.1. The van der Waals surface area contributed by atoms with E-state index in [2.05, 4.69) is 11.8 Å². The Kier molecular flexibility index (Phi) is 5.26. The second kappa shape index (κ2) is 6.95. The van der Waals surface area contributed by atoms with Crippen LogP contribution in [-0.4, -0.2) is 55.5 Å². The lowest BCUT2D eigenvalue weighted by Gasteiger charge is -2.34. The first-order valence-electron chi connectivity index (χ1n) is 6.96. The number of rotatable bonds is 4. The molecule has 1 heterocycles. The zero-order valence-corrected chi connectivity index (χ0v) is 12.8. The lowest BCUT2D eigenvalue weighted by atomic mass is 10.1. The standard InChI is InChI=1S/C15H21ClN2O2/c1-3-17-6-8-18(9-7-17)15(19)11-12-10-13(16)4-5-14(12)20-2/h4-5,10H,3,6-9,11H2,1-2H3. The number of likely N-dealkylation sites (N-methyl/N-ethyl adjacent to an activating group) is 1. The van der Waals surface area contributed by atoms with E-state index >= 15 is 0 Å². The highest BCUT2D eigenvalue weighted by Crippen LogP contribution is 2.23. The summed E-state index contributed by atoms with van der Waals surface area (Å²) in [7, 11) is 1.61. The number of hydrogen-bond acceptors (Lipinski definition) is 3. The van der Waals surface area contributed by atoms with Crippen molar-refractivity contribution in [2.45, 2.75) is 13.3 Å². The molecular weight excluding hydrogens is 276 g/mol. The van der Waals surface area contributed by atoms with Gasteiger partial charge in [-0.25, -0.2) is 0 Å². The summed E-state index contributed by atoms with van der Waals surface area (Å²) in [5.74, 6) is 0.858. The topological polar surface area (TPSA) is 32.8 Å². The van der Waals surface area contributed by atoms with Gasteiger partial charge in [-0.05, 0) is 24.7 Å². The minimum absolute atomic E-state index is 0.140. The van der Waals surface area contributed by atoms with Gasteiger partial charge in [0.15, 0.2) is 0 Å². The van der Waals surface area contributed by atoms with Gasteiger partial charge in [0, 0.05) is 36.8 Å². The van der Waals surface area contributed by atoms with E-state index in [9.17, 15) is 4.79 Å². The van der Waals surface area contributed by atoms with Gasteiger partial charge >= 0.3 is 0 Å². The molecule has 110 valence electrons. The van der Waals surface area contributed by atoms with E-state index < -0.39 is 0 Å². The van der Waals surface area contributed by atoms with Gasteiger partial charge in [0.05, 0.1) is 13.5 Å². The second-order valence-electron chi connectivity index (χ2n) is 4.95. The quantitative estimate of drug-likeness (QED) is 0.852. The Morgan fingerprint density at radius 3 is 2.60 bits per heavy atom. The molecule has 1 aromatic carbocycles. The fourth-order valence-electron chi connectivity index (χ4n) is 2.47. The SMILES string of the molecule is CCN1CCN(C(=O)Cc2cc(Cl)ccc2OC)CC1. The van der Waals surface area contributed by atoms with Crippen molar-refractivity contribution in [3.63, 3.8) is 0 Å². The Balaban J connectivity index is 1.99. The van der Waals surface area contributed by atoms with Crippen LogP contribution in [0.15, 0.2) is 18.2 Å². The first-order valence-corrected chi connectivity index (χ1v) is 7.34. The Bertz CT molecular complexity index is 471. The van der Waals surface area contributed by atoms with Crippen molar-refractivity contribution in [1.29, 1.82) is 0 Å².